The summed E-state index contributed by atoms with van der Waals surface area (Å²) in [6.07, 6.45) is 7.08. The molecule has 0 radical (unpaired) electrons. The van der Waals surface area contributed by atoms with Crippen LogP contribution in [0.25, 0.3) is 11.4 Å². The highest BCUT2D eigenvalue weighted by Gasteiger charge is 2.17. The maximum Gasteiger partial charge on any atom is 0.122 e. The Morgan fingerprint density at radius 2 is 2.06 bits per heavy atom. The summed E-state index contributed by atoms with van der Waals surface area (Å²) in [6.45, 7) is 0.943. The van der Waals surface area contributed by atoms with Crippen LogP contribution in [0.5, 0.6) is 0 Å². The minimum absolute atomic E-state index is 0.738. The highest BCUT2D eigenvalue weighted by Crippen LogP contribution is 2.27. The molecule has 94 valence electrons. The smallest absolute Gasteiger partial charge is 0.122 e. The number of pyridine rings is 1. The second-order valence-electron chi connectivity index (χ2n) is 5.00. The van der Waals surface area contributed by atoms with E-state index in [1.165, 1.54) is 25.7 Å². The second kappa shape index (κ2) is 4.80. The van der Waals surface area contributed by atoms with Crippen molar-refractivity contribution in [1.82, 2.24) is 14.8 Å². The minimum Gasteiger partial charge on any atom is -0.384 e. The van der Waals surface area contributed by atoms with Gasteiger partial charge in [-0.15, -0.1) is 0 Å². The van der Waals surface area contributed by atoms with Crippen molar-refractivity contribution in [2.75, 3.05) is 5.73 Å². The highest BCUT2D eigenvalue weighted by atomic mass is 15.3. The molecule has 0 atom stereocenters. The molecule has 0 spiro atoms. The third kappa shape index (κ3) is 2.23. The lowest BCUT2D eigenvalue weighted by Gasteiger charge is -2.09. The zero-order valence-corrected chi connectivity index (χ0v) is 10.4. The first-order valence-corrected chi connectivity index (χ1v) is 6.57. The summed E-state index contributed by atoms with van der Waals surface area (Å²) in [7, 11) is 0. The fourth-order valence-electron chi connectivity index (χ4n) is 2.65. The van der Waals surface area contributed by atoms with Crippen molar-refractivity contribution in [3.05, 3.63) is 30.5 Å². The lowest BCUT2D eigenvalue weighted by molar-refractivity contribution is 0.434. The average Bonchev–Trinajstić information content (AvgIpc) is 3.02. The van der Waals surface area contributed by atoms with Crippen LogP contribution in [0.4, 0.5) is 5.82 Å². The maximum atomic E-state index is 6.03. The Balaban J connectivity index is 1.82. The summed E-state index contributed by atoms with van der Waals surface area (Å²) in [5, 5.41) is 4.57. The first-order valence-electron chi connectivity index (χ1n) is 6.57. The predicted molar refractivity (Wildman–Crippen MR) is 71.8 cm³/mol. The van der Waals surface area contributed by atoms with Crippen LogP contribution in [0.2, 0.25) is 0 Å². The molecule has 18 heavy (non-hydrogen) atoms. The molecule has 0 unspecified atom stereocenters. The Morgan fingerprint density at radius 1 is 1.22 bits per heavy atom. The van der Waals surface area contributed by atoms with Gasteiger partial charge in [0.05, 0.1) is 5.69 Å². The zero-order chi connectivity index (χ0) is 12.4. The molecule has 3 rings (SSSR count). The molecule has 0 aromatic carbocycles. The molecule has 2 heterocycles. The quantitative estimate of drug-likeness (QED) is 0.900. The molecule has 4 nitrogen and oxygen atoms in total. The topological polar surface area (TPSA) is 56.7 Å². The van der Waals surface area contributed by atoms with E-state index >= 15 is 0 Å². The third-order valence-corrected chi connectivity index (χ3v) is 3.64. The van der Waals surface area contributed by atoms with E-state index in [4.69, 9.17) is 5.73 Å². The third-order valence-electron chi connectivity index (χ3n) is 3.64. The van der Waals surface area contributed by atoms with Gasteiger partial charge in [-0.05, 0) is 30.9 Å². The van der Waals surface area contributed by atoms with Crippen molar-refractivity contribution in [2.24, 2.45) is 5.92 Å². The van der Waals surface area contributed by atoms with E-state index in [-0.39, 0.29) is 0 Å². The van der Waals surface area contributed by atoms with Crippen molar-refractivity contribution in [1.29, 1.82) is 0 Å². The summed E-state index contributed by atoms with van der Waals surface area (Å²) < 4.78 is 1.93. The number of hydrogen-bond acceptors (Lipinski definition) is 3. The normalized spacial score (nSPS) is 16.2. The van der Waals surface area contributed by atoms with Crippen LogP contribution in [0.3, 0.4) is 0 Å². The molecular formula is C14H18N4. The van der Waals surface area contributed by atoms with Gasteiger partial charge in [0, 0.05) is 18.8 Å². The molecule has 0 bridgehead atoms. The van der Waals surface area contributed by atoms with Gasteiger partial charge >= 0.3 is 0 Å². The zero-order valence-electron chi connectivity index (χ0n) is 10.4. The van der Waals surface area contributed by atoms with Gasteiger partial charge in [-0.1, -0.05) is 18.9 Å². The van der Waals surface area contributed by atoms with Crippen LogP contribution in [-0.4, -0.2) is 14.8 Å². The fraction of sp³-hybridized carbons (Fsp3) is 0.429. The molecule has 4 heteroatoms. The van der Waals surface area contributed by atoms with Gasteiger partial charge < -0.3 is 5.73 Å². The fourth-order valence-corrected chi connectivity index (χ4v) is 2.65. The number of nitrogens with zero attached hydrogens (tertiary/aromatic N) is 3. The SMILES string of the molecule is Nc1cc(-c2ccccn2)nn1CC1CCCC1. The van der Waals surface area contributed by atoms with E-state index in [9.17, 15) is 0 Å². The minimum atomic E-state index is 0.738. The molecule has 2 N–H and O–H groups in total. The van der Waals surface area contributed by atoms with E-state index in [0.29, 0.717) is 0 Å². The molecule has 2 aromatic rings. The number of anilines is 1. The molecule has 1 aliphatic rings. The van der Waals surface area contributed by atoms with E-state index in [1.807, 2.05) is 28.9 Å². The summed E-state index contributed by atoms with van der Waals surface area (Å²) in [6, 6.07) is 7.75. The van der Waals surface area contributed by atoms with Gasteiger partial charge in [0.1, 0.15) is 11.5 Å². The first kappa shape index (κ1) is 11.3. The standard InChI is InChI=1S/C14H18N4/c15-14-9-13(12-7-3-4-8-16-12)17-18(14)10-11-5-1-2-6-11/h3-4,7-9,11H,1-2,5-6,10,15H2. The number of hydrogen-bond donors (Lipinski definition) is 1. The van der Waals surface area contributed by atoms with Gasteiger partial charge in [0.25, 0.3) is 0 Å². The van der Waals surface area contributed by atoms with Crippen molar-refractivity contribution in [2.45, 2.75) is 32.2 Å². The lowest BCUT2D eigenvalue weighted by Crippen LogP contribution is -2.11. The van der Waals surface area contributed by atoms with Gasteiger partial charge in [-0.25, -0.2) is 4.68 Å². The van der Waals surface area contributed by atoms with E-state index in [1.54, 1.807) is 6.20 Å². The number of aromatic nitrogens is 3. The van der Waals surface area contributed by atoms with Crippen molar-refractivity contribution in [3.8, 4) is 11.4 Å². The van der Waals surface area contributed by atoms with Crippen LogP contribution in [0.1, 0.15) is 25.7 Å². The van der Waals surface area contributed by atoms with Crippen LogP contribution in [0.15, 0.2) is 30.5 Å². The van der Waals surface area contributed by atoms with E-state index in [2.05, 4.69) is 10.1 Å². The Morgan fingerprint density at radius 3 is 2.78 bits per heavy atom. The van der Waals surface area contributed by atoms with Crippen molar-refractivity contribution >= 4 is 5.82 Å². The molecule has 0 saturated heterocycles. The van der Waals surface area contributed by atoms with Crippen LogP contribution >= 0.6 is 0 Å². The molecular weight excluding hydrogens is 224 g/mol. The maximum absolute atomic E-state index is 6.03. The number of rotatable bonds is 3. The summed E-state index contributed by atoms with van der Waals surface area (Å²) in [5.41, 5.74) is 7.78. The summed E-state index contributed by atoms with van der Waals surface area (Å²) >= 11 is 0. The van der Waals surface area contributed by atoms with Gasteiger partial charge in [0.2, 0.25) is 0 Å². The van der Waals surface area contributed by atoms with Crippen LogP contribution in [-0.2, 0) is 6.54 Å². The second-order valence-corrected chi connectivity index (χ2v) is 5.00. The summed E-state index contributed by atoms with van der Waals surface area (Å²) in [5.74, 6) is 1.48. The van der Waals surface area contributed by atoms with Crippen molar-refractivity contribution < 1.29 is 0 Å². The largest absolute Gasteiger partial charge is 0.384 e. The van der Waals surface area contributed by atoms with Gasteiger partial charge in [-0.3, -0.25) is 4.98 Å². The molecule has 1 saturated carbocycles. The van der Waals surface area contributed by atoms with Crippen LogP contribution < -0.4 is 5.73 Å². The Labute approximate surface area is 107 Å². The Hall–Kier alpha value is -1.84. The summed E-state index contributed by atoms with van der Waals surface area (Å²) in [4.78, 5) is 4.30. The Bertz CT molecular complexity index is 512. The number of nitrogen functional groups attached to an aromatic ring is 1. The lowest BCUT2D eigenvalue weighted by atomic mass is 10.1. The first-order chi connectivity index (χ1) is 8.83. The monoisotopic (exact) mass is 242 g/mol. The molecule has 2 aromatic heterocycles. The molecule has 0 aliphatic heterocycles. The highest BCUT2D eigenvalue weighted by molar-refractivity contribution is 5.57. The van der Waals surface area contributed by atoms with E-state index in [0.717, 1.165) is 29.7 Å². The Kier molecular flexibility index (Phi) is 3.00. The van der Waals surface area contributed by atoms with Crippen molar-refractivity contribution in [3.63, 3.8) is 0 Å². The molecule has 1 aliphatic carbocycles. The average molecular weight is 242 g/mol. The van der Waals surface area contributed by atoms with Crippen LogP contribution in [0, 0.1) is 5.92 Å². The van der Waals surface area contributed by atoms with Gasteiger partial charge in [-0.2, -0.15) is 5.10 Å². The molecule has 1 fully saturated rings. The van der Waals surface area contributed by atoms with Gasteiger partial charge in [0.15, 0.2) is 0 Å². The van der Waals surface area contributed by atoms with E-state index < -0.39 is 0 Å². The molecule has 0 amide bonds. The number of nitrogens with two attached hydrogens (primary N) is 1. The predicted octanol–water partition coefficient (Wildman–Crippen LogP) is 2.72.